The van der Waals surface area contributed by atoms with Crippen molar-refractivity contribution >= 4 is 0 Å². The van der Waals surface area contributed by atoms with Gasteiger partial charge in [-0.3, -0.25) is 0 Å². The van der Waals surface area contributed by atoms with Gasteiger partial charge in [0, 0.05) is 24.4 Å². The monoisotopic (exact) mass is 276 g/mol. The molecule has 0 amide bonds. The van der Waals surface area contributed by atoms with Gasteiger partial charge in [0.05, 0.1) is 6.33 Å². The summed E-state index contributed by atoms with van der Waals surface area (Å²) in [7, 11) is 1.98. The van der Waals surface area contributed by atoms with Gasteiger partial charge in [0.25, 0.3) is 0 Å². The van der Waals surface area contributed by atoms with E-state index in [9.17, 15) is 4.39 Å². The van der Waals surface area contributed by atoms with Crippen LogP contribution in [0.2, 0.25) is 0 Å². The molecule has 20 heavy (non-hydrogen) atoms. The van der Waals surface area contributed by atoms with Gasteiger partial charge in [-0.15, -0.1) is 0 Å². The molecule has 2 aromatic rings. The van der Waals surface area contributed by atoms with E-state index in [1.165, 1.54) is 6.07 Å². The zero-order chi connectivity index (χ0) is 15.2. The van der Waals surface area contributed by atoms with E-state index in [1.54, 1.807) is 18.5 Å². The van der Waals surface area contributed by atoms with Gasteiger partial charge >= 0.3 is 0 Å². The van der Waals surface area contributed by atoms with Crippen LogP contribution < -0.4 is 0 Å². The Morgan fingerprint density at radius 1 is 1.30 bits per heavy atom. The third-order valence-electron chi connectivity index (χ3n) is 3.59. The van der Waals surface area contributed by atoms with Gasteiger partial charge in [0.2, 0.25) is 0 Å². The van der Waals surface area contributed by atoms with Gasteiger partial charge < -0.3 is 4.57 Å². The van der Waals surface area contributed by atoms with Crippen molar-refractivity contribution in [3.63, 3.8) is 0 Å². The summed E-state index contributed by atoms with van der Waals surface area (Å²) in [6.45, 7) is 8.30. The number of imidazole rings is 1. The SMILES string of the molecule is CC.CCCC(C)(c1cccc(F)c1)c1cncn1C. The van der Waals surface area contributed by atoms with E-state index in [4.69, 9.17) is 0 Å². The molecule has 2 nitrogen and oxygen atoms in total. The van der Waals surface area contributed by atoms with Crippen molar-refractivity contribution in [2.45, 2.75) is 46.0 Å². The van der Waals surface area contributed by atoms with Crippen LogP contribution in [0.3, 0.4) is 0 Å². The average molecular weight is 276 g/mol. The van der Waals surface area contributed by atoms with Gasteiger partial charge in [0.1, 0.15) is 5.82 Å². The summed E-state index contributed by atoms with van der Waals surface area (Å²) >= 11 is 0. The number of hydrogen-bond acceptors (Lipinski definition) is 1. The summed E-state index contributed by atoms with van der Waals surface area (Å²) in [6.07, 6.45) is 5.68. The third-order valence-corrected chi connectivity index (χ3v) is 3.59. The number of benzene rings is 1. The van der Waals surface area contributed by atoms with E-state index in [-0.39, 0.29) is 11.2 Å². The van der Waals surface area contributed by atoms with Crippen LogP contribution in [0.25, 0.3) is 0 Å². The number of halogens is 1. The fraction of sp³-hybridized carbons (Fsp3) is 0.471. The molecule has 110 valence electrons. The first kappa shape index (κ1) is 16.4. The highest BCUT2D eigenvalue weighted by Gasteiger charge is 2.30. The molecule has 0 bridgehead atoms. The molecule has 0 aliphatic heterocycles. The van der Waals surface area contributed by atoms with Gasteiger partial charge in [-0.1, -0.05) is 39.3 Å². The molecule has 3 heteroatoms. The Kier molecular flexibility index (Phi) is 5.93. The second-order valence-corrected chi connectivity index (χ2v) is 4.98. The molecule has 2 rings (SSSR count). The van der Waals surface area contributed by atoms with E-state index >= 15 is 0 Å². The van der Waals surface area contributed by atoms with Gasteiger partial charge in [-0.05, 0) is 31.0 Å². The van der Waals surface area contributed by atoms with Crippen LogP contribution in [0.15, 0.2) is 36.8 Å². The maximum Gasteiger partial charge on any atom is 0.123 e. The fourth-order valence-corrected chi connectivity index (χ4v) is 2.64. The predicted molar refractivity (Wildman–Crippen MR) is 82.3 cm³/mol. The van der Waals surface area contributed by atoms with Crippen molar-refractivity contribution in [1.82, 2.24) is 9.55 Å². The van der Waals surface area contributed by atoms with Crippen molar-refractivity contribution in [3.8, 4) is 0 Å². The maximum absolute atomic E-state index is 13.5. The Hall–Kier alpha value is -1.64. The average Bonchev–Trinajstić information content (AvgIpc) is 2.88. The lowest BCUT2D eigenvalue weighted by atomic mass is 9.76. The molecule has 1 heterocycles. The summed E-state index contributed by atoms with van der Waals surface area (Å²) in [6, 6.07) is 6.88. The number of aryl methyl sites for hydroxylation is 1. The molecule has 0 N–H and O–H groups in total. The first-order valence-electron chi connectivity index (χ1n) is 7.31. The lowest BCUT2D eigenvalue weighted by Crippen LogP contribution is -2.26. The Morgan fingerprint density at radius 2 is 2.00 bits per heavy atom. The summed E-state index contributed by atoms with van der Waals surface area (Å²) < 4.78 is 15.5. The first-order valence-corrected chi connectivity index (χ1v) is 7.31. The molecule has 0 aliphatic carbocycles. The van der Waals surface area contributed by atoms with Crippen molar-refractivity contribution in [1.29, 1.82) is 0 Å². The van der Waals surface area contributed by atoms with Crippen LogP contribution >= 0.6 is 0 Å². The summed E-state index contributed by atoms with van der Waals surface area (Å²) in [5.41, 5.74) is 1.94. The van der Waals surface area contributed by atoms with Crippen LogP contribution in [0.5, 0.6) is 0 Å². The van der Waals surface area contributed by atoms with Crippen molar-refractivity contribution in [2.24, 2.45) is 7.05 Å². The minimum Gasteiger partial charge on any atom is -0.337 e. The largest absolute Gasteiger partial charge is 0.337 e. The van der Waals surface area contributed by atoms with Gasteiger partial charge in [-0.25, -0.2) is 9.37 Å². The summed E-state index contributed by atoms with van der Waals surface area (Å²) in [4.78, 5) is 4.19. The quantitative estimate of drug-likeness (QED) is 0.792. The smallest absolute Gasteiger partial charge is 0.123 e. The van der Waals surface area contributed by atoms with E-state index in [2.05, 4.69) is 18.8 Å². The molecular weight excluding hydrogens is 251 g/mol. The molecule has 1 unspecified atom stereocenters. The molecule has 0 saturated heterocycles. The molecule has 0 saturated carbocycles. The van der Waals surface area contributed by atoms with E-state index in [1.807, 2.05) is 37.7 Å². The summed E-state index contributed by atoms with van der Waals surface area (Å²) in [5, 5.41) is 0. The number of rotatable bonds is 4. The predicted octanol–water partition coefficient (Wildman–Crippen LogP) is 4.69. The topological polar surface area (TPSA) is 17.8 Å². The van der Waals surface area contributed by atoms with Crippen LogP contribution in [0.1, 0.15) is 51.8 Å². The van der Waals surface area contributed by atoms with Crippen LogP contribution in [-0.4, -0.2) is 9.55 Å². The lowest BCUT2D eigenvalue weighted by Gasteiger charge is -2.30. The Morgan fingerprint density at radius 3 is 2.50 bits per heavy atom. The normalized spacial score (nSPS) is 13.3. The minimum atomic E-state index is -0.192. The maximum atomic E-state index is 13.5. The highest BCUT2D eigenvalue weighted by molar-refractivity contribution is 5.34. The Bertz CT molecular complexity index is 533. The molecule has 0 spiro atoms. The highest BCUT2D eigenvalue weighted by atomic mass is 19.1. The van der Waals surface area contributed by atoms with Crippen molar-refractivity contribution in [3.05, 3.63) is 53.9 Å². The second-order valence-electron chi connectivity index (χ2n) is 4.98. The van der Waals surface area contributed by atoms with Gasteiger partial charge in [0.15, 0.2) is 0 Å². The summed E-state index contributed by atoms with van der Waals surface area (Å²) in [5.74, 6) is -0.183. The zero-order valence-electron chi connectivity index (χ0n) is 13.2. The Labute approximate surface area is 121 Å². The second kappa shape index (κ2) is 7.22. The molecule has 0 fully saturated rings. The van der Waals surface area contributed by atoms with Crippen LogP contribution in [0, 0.1) is 5.82 Å². The molecular formula is C17H25FN2. The highest BCUT2D eigenvalue weighted by Crippen LogP contribution is 2.36. The number of hydrogen-bond donors (Lipinski definition) is 0. The van der Waals surface area contributed by atoms with Crippen molar-refractivity contribution in [2.75, 3.05) is 0 Å². The van der Waals surface area contributed by atoms with E-state index < -0.39 is 0 Å². The third kappa shape index (κ3) is 3.27. The Balaban J connectivity index is 0.000000956. The number of aromatic nitrogens is 2. The zero-order valence-corrected chi connectivity index (χ0v) is 13.2. The van der Waals surface area contributed by atoms with Gasteiger partial charge in [-0.2, -0.15) is 0 Å². The minimum absolute atomic E-state index is 0.183. The lowest BCUT2D eigenvalue weighted by molar-refractivity contribution is 0.477. The standard InChI is InChI=1S/C15H19FN2.C2H6/c1-4-8-15(2,14-10-17-11-18(14)3)12-6-5-7-13(16)9-12;1-2/h5-7,9-11H,4,8H2,1-3H3;1-2H3. The molecule has 0 radical (unpaired) electrons. The van der Waals surface area contributed by atoms with Crippen LogP contribution in [0.4, 0.5) is 4.39 Å². The fourth-order valence-electron chi connectivity index (χ4n) is 2.64. The van der Waals surface area contributed by atoms with Crippen LogP contribution in [-0.2, 0) is 12.5 Å². The molecule has 0 aliphatic rings. The van der Waals surface area contributed by atoms with E-state index in [0.717, 1.165) is 24.1 Å². The van der Waals surface area contributed by atoms with E-state index in [0.29, 0.717) is 0 Å². The first-order chi connectivity index (χ1) is 9.58. The number of nitrogens with zero attached hydrogens (tertiary/aromatic N) is 2. The molecule has 1 aromatic carbocycles. The molecule has 1 atom stereocenters. The molecule has 1 aromatic heterocycles. The van der Waals surface area contributed by atoms with Crippen molar-refractivity contribution < 1.29 is 4.39 Å².